The van der Waals surface area contributed by atoms with Gasteiger partial charge >= 0.3 is 5.97 Å². The van der Waals surface area contributed by atoms with Crippen molar-refractivity contribution in [3.8, 4) is 11.5 Å². The quantitative estimate of drug-likeness (QED) is 0.528. The first kappa shape index (κ1) is 20.4. The van der Waals surface area contributed by atoms with Crippen LogP contribution in [0.4, 0.5) is 5.69 Å². The molecule has 0 spiro atoms. The predicted molar refractivity (Wildman–Crippen MR) is 106 cm³/mol. The number of anilines is 1. The van der Waals surface area contributed by atoms with Gasteiger partial charge in [0.25, 0.3) is 5.91 Å². The summed E-state index contributed by atoms with van der Waals surface area (Å²) in [6.45, 7) is 0.731. The number of carbonyl (C=O) groups excluding carboxylic acids is 3. The monoisotopic (exact) mass is 397 g/mol. The molecular weight excluding hydrogens is 374 g/mol. The smallest absolute Gasteiger partial charge is 0.306 e. The molecule has 2 aromatic carbocycles. The first-order valence-electron chi connectivity index (χ1n) is 9.44. The van der Waals surface area contributed by atoms with Crippen LogP contribution in [0.3, 0.4) is 0 Å². The minimum atomic E-state index is -0.595. The Bertz CT molecular complexity index is 880. The lowest BCUT2D eigenvalue weighted by atomic mass is 10.1. The van der Waals surface area contributed by atoms with Crippen molar-refractivity contribution in [1.82, 2.24) is 0 Å². The molecule has 0 radical (unpaired) electrons. The van der Waals surface area contributed by atoms with Gasteiger partial charge in [-0.15, -0.1) is 0 Å². The maximum absolute atomic E-state index is 12.4. The third-order valence-corrected chi connectivity index (χ3v) is 4.50. The van der Waals surface area contributed by atoms with Gasteiger partial charge < -0.3 is 19.1 Å². The summed E-state index contributed by atoms with van der Waals surface area (Å²) in [6, 6.07) is 14.0. The summed E-state index contributed by atoms with van der Waals surface area (Å²) in [4.78, 5) is 37.8. The molecule has 0 saturated carbocycles. The summed E-state index contributed by atoms with van der Waals surface area (Å²) in [5.41, 5.74) is 1.15. The van der Waals surface area contributed by atoms with Crippen molar-refractivity contribution in [3.63, 3.8) is 0 Å². The molecule has 3 rings (SSSR count). The molecule has 0 bridgehead atoms. The van der Waals surface area contributed by atoms with Crippen LogP contribution in [-0.4, -0.2) is 44.5 Å². The van der Waals surface area contributed by atoms with E-state index in [0.717, 1.165) is 6.42 Å². The largest absolute Gasteiger partial charge is 0.490 e. The van der Waals surface area contributed by atoms with E-state index < -0.39 is 5.97 Å². The Morgan fingerprint density at radius 2 is 1.69 bits per heavy atom. The highest BCUT2D eigenvalue weighted by atomic mass is 16.5. The van der Waals surface area contributed by atoms with Gasteiger partial charge in [-0.1, -0.05) is 18.2 Å². The van der Waals surface area contributed by atoms with Crippen LogP contribution < -0.4 is 14.4 Å². The zero-order chi connectivity index (χ0) is 20.6. The zero-order valence-corrected chi connectivity index (χ0v) is 16.3. The number of amides is 1. The van der Waals surface area contributed by atoms with Crippen LogP contribution >= 0.6 is 0 Å². The number of Topliss-reactive ketones (excluding diaryl/α,β-unsaturated/α-hetero) is 1. The number of hydrogen-bond donors (Lipinski definition) is 0. The number of esters is 1. The number of ketones is 1. The van der Waals surface area contributed by atoms with Crippen LogP contribution in [0.1, 0.15) is 29.6 Å². The lowest BCUT2D eigenvalue weighted by molar-refractivity contribution is -0.147. The molecule has 0 aromatic heterocycles. The number of hydrogen-bond acceptors (Lipinski definition) is 6. The molecule has 1 aliphatic heterocycles. The Kier molecular flexibility index (Phi) is 6.84. The van der Waals surface area contributed by atoms with E-state index in [1.165, 1.54) is 4.90 Å². The molecule has 0 atom stereocenters. The Hall–Kier alpha value is -3.35. The summed E-state index contributed by atoms with van der Waals surface area (Å²) in [5.74, 6) is -0.00316. The van der Waals surface area contributed by atoms with E-state index in [4.69, 9.17) is 14.2 Å². The molecule has 29 heavy (non-hydrogen) atoms. The van der Waals surface area contributed by atoms with E-state index in [0.29, 0.717) is 36.0 Å². The highest BCUT2D eigenvalue weighted by molar-refractivity contribution is 5.98. The second-order valence-corrected chi connectivity index (χ2v) is 6.58. The third kappa shape index (κ3) is 5.57. The van der Waals surface area contributed by atoms with Crippen molar-refractivity contribution in [1.29, 1.82) is 0 Å². The standard InChI is InChI=1S/C22H23NO6/c1-23(17-6-3-2-4-7-17)21(25)15-29-22(26)11-9-18(24)16-8-10-19-20(14-16)28-13-5-12-27-19/h2-4,6-8,10,14H,5,9,11-13,15H2,1H3. The normalized spacial score (nSPS) is 12.6. The highest BCUT2D eigenvalue weighted by Crippen LogP contribution is 2.30. The average molecular weight is 397 g/mol. The van der Waals surface area contributed by atoms with Gasteiger partial charge in [0.2, 0.25) is 0 Å². The van der Waals surface area contributed by atoms with Gasteiger partial charge in [0.15, 0.2) is 23.9 Å². The fraction of sp³-hybridized carbons (Fsp3) is 0.318. The maximum atomic E-state index is 12.4. The van der Waals surface area contributed by atoms with Gasteiger partial charge in [-0.2, -0.15) is 0 Å². The number of likely N-dealkylation sites (N-methyl/N-ethyl adjacent to an activating group) is 1. The van der Waals surface area contributed by atoms with E-state index in [9.17, 15) is 14.4 Å². The first-order chi connectivity index (χ1) is 14.0. The number of para-hydroxylation sites is 1. The molecule has 0 fully saturated rings. The fourth-order valence-electron chi connectivity index (χ4n) is 2.80. The van der Waals surface area contributed by atoms with Crippen LogP contribution in [0.2, 0.25) is 0 Å². The van der Waals surface area contributed by atoms with Crippen LogP contribution in [0.5, 0.6) is 11.5 Å². The van der Waals surface area contributed by atoms with Crippen molar-refractivity contribution < 1.29 is 28.6 Å². The number of benzene rings is 2. The van der Waals surface area contributed by atoms with Crippen LogP contribution in [-0.2, 0) is 14.3 Å². The summed E-state index contributed by atoms with van der Waals surface area (Å²) in [6.07, 6.45) is 0.665. The minimum absolute atomic E-state index is 0.0127. The molecule has 1 amide bonds. The van der Waals surface area contributed by atoms with E-state index in [1.807, 2.05) is 18.2 Å². The van der Waals surface area contributed by atoms with Crippen LogP contribution in [0.25, 0.3) is 0 Å². The van der Waals surface area contributed by atoms with E-state index in [2.05, 4.69) is 0 Å². The summed E-state index contributed by atoms with van der Waals surface area (Å²) < 4.78 is 16.1. The predicted octanol–water partition coefficient (Wildman–Crippen LogP) is 3.02. The summed E-state index contributed by atoms with van der Waals surface area (Å²) in [7, 11) is 1.61. The molecule has 1 heterocycles. The highest BCUT2D eigenvalue weighted by Gasteiger charge is 2.17. The second-order valence-electron chi connectivity index (χ2n) is 6.58. The van der Waals surface area contributed by atoms with Gasteiger partial charge in [0, 0.05) is 31.1 Å². The lowest BCUT2D eigenvalue weighted by Crippen LogP contribution is -2.31. The molecule has 7 nitrogen and oxygen atoms in total. The van der Waals surface area contributed by atoms with Crippen molar-refractivity contribution in [2.75, 3.05) is 31.8 Å². The first-order valence-corrected chi connectivity index (χ1v) is 9.44. The number of fused-ring (bicyclic) bond motifs is 1. The van der Waals surface area contributed by atoms with Crippen molar-refractivity contribution in [2.45, 2.75) is 19.3 Å². The fourth-order valence-corrected chi connectivity index (χ4v) is 2.80. The second kappa shape index (κ2) is 9.73. The molecule has 7 heteroatoms. The van der Waals surface area contributed by atoms with Gasteiger partial charge in [0.1, 0.15) is 0 Å². The Morgan fingerprint density at radius 1 is 0.966 bits per heavy atom. The zero-order valence-electron chi connectivity index (χ0n) is 16.3. The molecule has 0 aliphatic carbocycles. The number of carbonyl (C=O) groups is 3. The Balaban J connectivity index is 1.46. The topological polar surface area (TPSA) is 82.1 Å². The third-order valence-electron chi connectivity index (χ3n) is 4.50. The minimum Gasteiger partial charge on any atom is -0.490 e. The number of ether oxygens (including phenoxy) is 3. The molecule has 0 N–H and O–H groups in total. The lowest BCUT2D eigenvalue weighted by Gasteiger charge is -2.17. The average Bonchev–Trinajstić information content (AvgIpc) is 3.00. The summed E-state index contributed by atoms with van der Waals surface area (Å²) >= 11 is 0. The number of rotatable bonds is 7. The van der Waals surface area contributed by atoms with E-state index in [1.54, 1.807) is 37.4 Å². The van der Waals surface area contributed by atoms with Crippen LogP contribution in [0.15, 0.2) is 48.5 Å². The molecule has 1 aliphatic rings. The van der Waals surface area contributed by atoms with Crippen molar-refractivity contribution >= 4 is 23.3 Å². The van der Waals surface area contributed by atoms with Gasteiger partial charge in [-0.25, -0.2) is 0 Å². The Labute approximate surface area is 169 Å². The van der Waals surface area contributed by atoms with Gasteiger partial charge in [-0.05, 0) is 30.3 Å². The maximum Gasteiger partial charge on any atom is 0.306 e. The van der Waals surface area contributed by atoms with Crippen molar-refractivity contribution in [3.05, 3.63) is 54.1 Å². The molecule has 152 valence electrons. The van der Waals surface area contributed by atoms with Crippen molar-refractivity contribution in [2.24, 2.45) is 0 Å². The van der Waals surface area contributed by atoms with Crippen LogP contribution in [0, 0.1) is 0 Å². The SMILES string of the molecule is CN(C(=O)COC(=O)CCC(=O)c1ccc2c(c1)OCCCO2)c1ccccc1. The summed E-state index contributed by atoms with van der Waals surface area (Å²) in [5, 5.41) is 0. The Morgan fingerprint density at radius 3 is 2.45 bits per heavy atom. The molecule has 2 aromatic rings. The molecule has 0 saturated heterocycles. The van der Waals surface area contributed by atoms with E-state index >= 15 is 0 Å². The van der Waals surface area contributed by atoms with Gasteiger partial charge in [0.05, 0.1) is 19.6 Å². The van der Waals surface area contributed by atoms with Gasteiger partial charge in [-0.3, -0.25) is 14.4 Å². The molecule has 0 unspecified atom stereocenters. The number of nitrogens with zero attached hydrogens (tertiary/aromatic N) is 1. The van der Waals surface area contributed by atoms with E-state index in [-0.39, 0.29) is 31.1 Å². The molecular formula is C22H23NO6.